The van der Waals surface area contributed by atoms with E-state index in [4.69, 9.17) is 4.42 Å². The van der Waals surface area contributed by atoms with Crippen LogP contribution in [0.15, 0.2) is 15.6 Å². The number of carboxylic acid groups (broad SMARTS) is 1. The van der Waals surface area contributed by atoms with E-state index in [1.54, 1.807) is 13.8 Å². The second-order valence-corrected chi connectivity index (χ2v) is 7.04. The van der Waals surface area contributed by atoms with Crippen LogP contribution in [0.1, 0.15) is 42.8 Å². The predicted molar refractivity (Wildman–Crippen MR) is 82.7 cm³/mol. The summed E-state index contributed by atoms with van der Waals surface area (Å²) in [4.78, 5) is 23.6. The molecule has 0 aromatic carbocycles. The first-order chi connectivity index (χ1) is 10.6. The summed E-state index contributed by atoms with van der Waals surface area (Å²) in [5.41, 5.74) is -0.988. The standard InChI is InChI=1S/C14H22N2O6S/c1-5-14(6-2,13(18)19)8-16-12(17)10-7-11(22-9(10)3)23(20,21)15-4/h7,15H,5-6,8H2,1-4H3,(H,16,17)(H,18,19). The lowest BCUT2D eigenvalue weighted by molar-refractivity contribution is -0.149. The topological polar surface area (TPSA) is 126 Å². The van der Waals surface area contributed by atoms with E-state index in [0.717, 1.165) is 6.07 Å². The molecule has 0 aliphatic heterocycles. The van der Waals surface area contributed by atoms with Crippen molar-refractivity contribution < 1.29 is 27.5 Å². The Bertz CT molecular complexity index is 688. The molecule has 0 aliphatic rings. The summed E-state index contributed by atoms with van der Waals surface area (Å²) in [5.74, 6) is -1.41. The summed E-state index contributed by atoms with van der Waals surface area (Å²) in [6.07, 6.45) is 0.728. The third-order valence-corrected chi connectivity index (χ3v) is 5.34. The highest BCUT2D eigenvalue weighted by molar-refractivity contribution is 7.89. The number of carbonyl (C=O) groups is 2. The molecule has 3 N–H and O–H groups in total. The van der Waals surface area contributed by atoms with Crippen LogP contribution in [0.25, 0.3) is 0 Å². The number of furan rings is 1. The smallest absolute Gasteiger partial charge is 0.311 e. The van der Waals surface area contributed by atoms with Gasteiger partial charge in [0.2, 0.25) is 5.09 Å². The van der Waals surface area contributed by atoms with E-state index in [-0.39, 0.29) is 23.0 Å². The molecule has 130 valence electrons. The quantitative estimate of drug-likeness (QED) is 0.647. The molecule has 0 saturated heterocycles. The van der Waals surface area contributed by atoms with E-state index in [0.29, 0.717) is 12.8 Å². The number of sulfonamides is 1. The van der Waals surface area contributed by atoms with E-state index in [1.807, 2.05) is 0 Å². The average Bonchev–Trinajstić information content (AvgIpc) is 2.91. The maximum Gasteiger partial charge on any atom is 0.311 e. The Hall–Kier alpha value is -1.87. The number of aliphatic carboxylic acids is 1. The Kier molecular flexibility index (Phi) is 5.95. The van der Waals surface area contributed by atoms with Crippen LogP contribution in [0.4, 0.5) is 0 Å². The van der Waals surface area contributed by atoms with Gasteiger partial charge in [0.05, 0.1) is 11.0 Å². The molecule has 0 aliphatic carbocycles. The first-order valence-corrected chi connectivity index (χ1v) is 8.67. The van der Waals surface area contributed by atoms with Gasteiger partial charge in [0, 0.05) is 12.6 Å². The van der Waals surface area contributed by atoms with Gasteiger partial charge in [0.25, 0.3) is 15.9 Å². The normalized spacial score (nSPS) is 12.2. The van der Waals surface area contributed by atoms with E-state index >= 15 is 0 Å². The number of aryl methyl sites for hydroxylation is 1. The Morgan fingerprint density at radius 2 is 1.87 bits per heavy atom. The number of carbonyl (C=O) groups excluding carboxylic acids is 1. The first kappa shape index (κ1) is 19.2. The van der Waals surface area contributed by atoms with Gasteiger partial charge in [-0.2, -0.15) is 0 Å². The average molecular weight is 346 g/mol. The highest BCUT2D eigenvalue weighted by Gasteiger charge is 2.35. The summed E-state index contributed by atoms with van der Waals surface area (Å²) in [6.45, 7) is 4.90. The zero-order chi connectivity index (χ0) is 17.8. The minimum Gasteiger partial charge on any atom is -0.481 e. The van der Waals surface area contributed by atoms with Crippen LogP contribution in [0, 0.1) is 12.3 Å². The van der Waals surface area contributed by atoms with E-state index < -0.39 is 27.3 Å². The molecule has 0 spiro atoms. The summed E-state index contributed by atoms with van der Waals surface area (Å²) in [7, 11) is -2.56. The maximum absolute atomic E-state index is 12.2. The summed E-state index contributed by atoms with van der Waals surface area (Å²) in [5, 5.41) is 11.5. The van der Waals surface area contributed by atoms with Gasteiger partial charge in [-0.1, -0.05) is 13.8 Å². The van der Waals surface area contributed by atoms with Crippen molar-refractivity contribution in [3.8, 4) is 0 Å². The van der Waals surface area contributed by atoms with E-state index in [9.17, 15) is 23.1 Å². The molecule has 23 heavy (non-hydrogen) atoms. The van der Waals surface area contributed by atoms with Crippen molar-refractivity contribution in [2.45, 2.75) is 38.7 Å². The number of rotatable bonds is 8. The van der Waals surface area contributed by atoms with Gasteiger partial charge in [-0.3, -0.25) is 9.59 Å². The molecule has 1 rings (SSSR count). The minimum atomic E-state index is -3.79. The lowest BCUT2D eigenvalue weighted by atomic mass is 9.82. The fraction of sp³-hybridized carbons (Fsp3) is 0.571. The third kappa shape index (κ3) is 3.91. The lowest BCUT2D eigenvalue weighted by Gasteiger charge is -2.26. The van der Waals surface area contributed by atoms with Crippen molar-refractivity contribution in [1.82, 2.24) is 10.0 Å². The molecule has 0 atom stereocenters. The number of amides is 1. The first-order valence-electron chi connectivity index (χ1n) is 7.19. The Morgan fingerprint density at radius 1 is 1.30 bits per heavy atom. The second-order valence-electron chi connectivity index (χ2n) is 5.22. The third-order valence-electron chi connectivity index (χ3n) is 4.07. The van der Waals surface area contributed by atoms with Crippen LogP contribution >= 0.6 is 0 Å². The summed E-state index contributed by atoms with van der Waals surface area (Å²) < 4.78 is 30.5. The van der Waals surface area contributed by atoms with Crippen LogP contribution < -0.4 is 10.0 Å². The number of nitrogens with one attached hydrogen (secondary N) is 2. The maximum atomic E-state index is 12.2. The van der Waals surface area contributed by atoms with Gasteiger partial charge < -0.3 is 14.8 Å². The Balaban J connectivity index is 2.98. The van der Waals surface area contributed by atoms with Crippen LogP contribution in [-0.2, 0) is 14.8 Å². The SMILES string of the molecule is CCC(CC)(CNC(=O)c1cc(S(=O)(=O)NC)oc1C)C(=O)O. The number of carboxylic acids is 1. The predicted octanol–water partition coefficient (Wildman–Crippen LogP) is 1.12. The monoisotopic (exact) mass is 346 g/mol. The van der Waals surface area contributed by atoms with Crippen molar-refractivity contribution in [2.24, 2.45) is 5.41 Å². The molecule has 0 bridgehead atoms. The molecule has 0 saturated carbocycles. The van der Waals surface area contributed by atoms with E-state index in [2.05, 4.69) is 10.0 Å². The van der Waals surface area contributed by atoms with Gasteiger partial charge in [-0.25, -0.2) is 13.1 Å². The van der Waals surface area contributed by atoms with Crippen LogP contribution in [0.2, 0.25) is 0 Å². The van der Waals surface area contributed by atoms with Crippen molar-refractivity contribution >= 4 is 21.9 Å². The van der Waals surface area contributed by atoms with Crippen molar-refractivity contribution in [3.63, 3.8) is 0 Å². The molecule has 9 heteroatoms. The van der Waals surface area contributed by atoms with Gasteiger partial charge in [-0.05, 0) is 26.8 Å². The molecule has 1 aromatic heterocycles. The molecule has 0 radical (unpaired) electrons. The molecule has 0 unspecified atom stereocenters. The Labute approximate surface area is 135 Å². The minimum absolute atomic E-state index is 0.0487. The molecular formula is C14H22N2O6S. The highest BCUT2D eigenvalue weighted by atomic mass is 32.2. The fourth-order valence-electron chi connectivity index (χ4n) is 2.14. The molecule has 1 aromatic rings. The van der Waals surface area contributed by atoms with Crippen molar-refractivity contribution in [3.05, 3.63) is 17.4 Å². The summed E-state index contributed by atoms with van der Waals surface area (Å²) in [6, 6.07) is 1.12. The van der Waals surface area contributed by atoms with Crippen molar-refractivity contribution in [2.75, 3.05) is 13.6 Å². The zero-order valence-electron chi connectivity index (χ0n) is 13.6. The van der Waals surface area contributed by atoms with Crippen LogP contribution in [0.5, 0.6) is 0 Å². The molecule has 1 amide bonds. The largest absolute Gasteiger partial charge is 0.481 e. The lowest BCUT2D eigenvalue weighted by Crippen LogP contribution is -2.42. The van der Waals surface area contributed by atoms with Gasteiger partial charge in [0.1, 0.15) is 5.76 Å². The molecular weight excluding hydrogens is 324 g/mol. The molecule has 0 fully saturated rings. The van der Waals surface area contributed by atoms with Crippen LogP contribution in [-0.4, -0.2) is 39.0 Å². The highest BCUT2D eigenvalue weighted by Crippen LogP contribution is 2.26. The van der Waals surface area contributed by atoms with E-state index in [1.165, 1.54) is 14.0 Å². The number of hydrogen-bond acceptors (Lipinski definition) is 5. The zero-order valence-corrected chi connectivity index (χ0v) is 14.4. The van der Waals surface area contributed by atoms with Crippen molar-refractivity contribution in [1.29, 1.82) is 0 Å². The van der Waals surface area contributed by atoms with Crippen LogP contribution in [0.3, 0.4) is 0 Å². The Morgan fingerprint density at radius 3 is 2.30 bits per heavy atom. The second kappa shape index (κ2) is 7.14. The van der Waals surface area contributed by atoms with Gasteiger partial charge >= 0.3 is 5.97 Å². The van der Waals surface area contributed by atoms with Gasteiger partial charge in [0.15, 0.2) is 0 Å². The summed E-state index contributed by atoms with van der Waals surface area (Å²) >= 11 is 0. The number of hydrogen-bond donors (Lipinski definition) is 3. The molecule has 1 heterocycles. The van der Waals surface area contributed by atoms with Gasteiger partial charge in [-0.15, -0.1) is 0 Å². The molecule has 8 nitrogen and oxygen atoms in total. The fourth-order valence-corrected chi connectivity index (χ4v) is 2.84.